The normalized spacial score (nSPS) is 10.9. The predicted molar refractivity (Wildman–Crippen MR) is 135 cm³/mol. The van der Waals surface area contributed by atoms with E-state index in [1.165, 1.54) is 18.3 Å². The maximum Gasteiger partial charge on any atom is 0.141 e. The molecule has 0 spiro atoms. The highest BCUT2D eigenvalue weighted by Gasteiger charge is 2.14. The van der Waals surface area contributed by atoms with Gasteiger partial charge < -0.3 is 20.4 Å². The van der Waals surface area contributed by atoms with Crippen LogP contribution in [0.1, 0.15) is 23.4 Å². The molecule has 3 N–H and O–H groups in total. The van der Waals surface area contributed by atoms with Crippen LogP contribution in [-0.2, 0) is 17.7 Å². The number of aryl methyl sites for hydroxylation is 1. The van der Waals surface area contributed by atoms with Crippen LogP contribution in [-0.4, -0.2) is 28.7 Å². The third kappa shape index (κ3) is 5.30. The summed E-state index contributed by atoms with van der Waals surface area (Å²) in [5, 5.41) is 17.0. The Morgan fingerprint density at radius 2 is 2.09 bits per heavy atom. The van der Waals surface area contributed by atoms with Crippen molar-refractivity contribution in [2.45, 2.75) is 19.4 Å². The Hall–Kier alpha value is -3.19. The molecule has 0 aliphatic heterocycles. The standard InChI is InChI=1S/C24H21BrClFN6O/c1-34-6-2-3-21-22(32-13-31-21)12-29-16-7-17-23(33-15-4-5-20(27)19(26)9-15)14(10-28)11-30-24(17)18(25)8-16/h4-5,7-9,11,13,29H,2-3,6,12H2,1H3,(H,30,33)(H,31,32). The number of nitriles is 1. The molecule has 0 bridgehead atoms. The van der Waals surface area contributed by atoms with Crippen molar-refractivity contribution < 1.29 is 9.13 Å². The number of rotatable bonds is 9. The minimum absolute atomic E-state index is 0.00809. The van der Waals surface area contributed by atoms with E-state index in [-0.39, 0.29) is 5.02 Å². The second-order valence-corrected chi connectivity index (χ2v) is 8.81. The van der Waals surface area contributed by atoms with Crippen molar-refractivity contribution in [1.29, 1.82) is 5.26 Å². The smallest absolute Gasteiger partial charge is 0.141 e. The van der Waals surface area contributed by atoms with E-state index in [2.05, 4.69) is 47.6 Å². The lowest BCUT2D eigenvalue weighted by atomic mass is 10.1. The second-order valence-electron chi connectivity index (χ2n) is 7.54. The lowest BCUT2D eigenvalue weighted by molar-refractivity contribution is 0.195. The zero-order chi connectivity index (χ0) is 24.1. The summed E-state index contributed by atoms with van der Waals surface area (Å²) in [5.74, 6) is -0.512. The Morgan fingerprint density at radius 1 is 1.24 bits per heavy atom. The number of H-pyrrole nitrogens is 1. The van der Waals surface area contributed by atoms with Crippen LogP contribution in [0.4, 0.5) is 21.5 Å². The molecule has 4 aromatic rings. The number of halogens is 3. The fraction of sp³-hybridized carbons (Fsp3) is 0.208. The number of hydrogen-bond acceptors (Lipinski definition) is 6. The third-order valence-corrected chi connectivity index (χ3v) is 6.17. The Balaban J connectivity index is 1.65. The lowest BCUT2D eigenvalue weighted by Gasteiger charge is -2.15. The quantitative estimate of drug-likeness (QED) is 0.214. The van der Waals surface area contributed by atoms with Crippen molar-refractivity contribution in [2.24, 2.45) is 0 Å². The highest BCUT2D eigenvalue weighted by Crippen LogP contribution is 2.35. The molecule has 2 aromatic heterocycles. The zero-order valence-corrected chi connectivity index (χ0v) is 20.6. The van der Waals surface area contributed by atoms with Crippen LogP contribution in [0.25, 0.3) is 10.9 Å². The van der Waals surface area contributed by atoms with Gasteiger partial charge in [-0.05, 0) is 59.1 Å². The van der Waals surface area contributed by atoms with Crippen LogP contribution >= 0.6 is 27.5 Å². The fourth-order valence-electron chi connectivity index (χ4n) is 3.59. The molecule has 174 valence electrons. The molecule has 7 nitrogen and oxygen atoms in total. The topological polar surface area (TPSA) is 98.7 Å². The van der Waals surface area contributed by atoms with Crippen molar-refractivity contribution in [3.8, 4) is 6.07 Å². The number of fused-ring (bicyclic) bond motifs is 1. The number of ether oxygens (including phenoxy) is 1. The van der Waals surface area contributed by atoms with Crippen LogP contribution in [0.2, 0.25) is 5.02 Å². The molecule has 2 aromatic carbocycles. The first-order chi connectivity index (χ1) is 16.5. The number of anilines is 3. The average molecular weight is 544 g/mol. The first-order valence-corrected chi connectivity index (χ1v) is 11.7. The second kappa shape index (κ2) is 10.8. The summed E-state index contributed by atoms with van der Waals surface area (Å²) in [4.78, 5) is 12.0. The van der Waals surface area contributed by atoms with Crippen molar-refractivity contribution in [1.82, 2.24) is 15.0 Å². The van der Waals surface area contributed by atoms with Gasteiger partial charge in [0.25, 0.3) is 0 Å². The third-order valence-electron chi connectivity index (χ3n) is 5.27. The summed E-state index contributed by atoms with van der Waals surface area (Å²) < 4.78 is 19.5. The van der Waals surface area contributed by atoms with E-state index >= 15 is 0 Å². The molecule has 2 heterocycles. The summed E-state index contributed by atoms with van der Waals surface area (Å²) in [6.45, 7) is 1.22. The number of hydrogen-bond donors (Lipinski definition) is 3. The number of pyridine rings is 1. The number of imidazole rings is 1. The number of nitrogens with one attached hydrogen (secondary N) is 3. The van der Waals surface area contributed by atoms with E-state index in [1.807, 2.05) is 12.1 Å². The molecular weight excluding hydrogens is 523 g/mol. The van der Waals surface area contributed by atoms with Gasteiger partial charge in [0, 0.05) is 41.1 Å². The van der Waals surface area contributed by atoms with Gasteiger partial charge in [-0.2, -0.15) is 5.26 Å². The summed E-state index contributed by atoms with van der Waals surface area (Å²) in [6.07, 6.45) is 4.90. The van der Waals surface area contributed by atoms with E-state index in [9.17, 15) is 9.65 Å². The van der Waals surface area contributed by atoms with Gasteiger partial charge in [0.05, 0.1) is 46.1 Å². The Bertz CT molecular complexity index is 1370. The first-order valence-electron chi connectivity index (χ1n) is 10.5. The Kier molecular flexibility index (Phi) is 7.63. The molecule has 4 rings (SSSR count). The maximum absolute atomic E-state index is 13.6. The molecule has 0 aliphatic carbocycles. The number of benzene rings is 2. The molecule has 34 heavy (non-hydrogen) atoms. The number of methoxy groups -OCH3 is 1. The van der Waals surface area contributed by atoms with Crippen LogP contribution in [0, 0.1) is 17.1 Å². The largest absolute Gasteiger partial charge is 0.385 e. The molecule has 0 amide bonds. The summed E-state index contributed by atoms with van der Waals surface area (Å²) in [7, 11) is 1.69. The van der Waals surface area contributed by atoms with Crippen LogP contribution in [0.3, 0.4) is 0 Å². The van der Waals surface area contributed by atoms with E-state index in [1.54, 1.807) is 19.5 Å². The fourth-order valence-corrected chi connectivity index (χ4v) is 4.33. The highest BCUT2D eigenvalue weighted by molar-refractivity contribution is 9.10. The zero-order valence-electron chi connectivity index (χ0n) is 18.3. The molecule has 0 radical (unpaired) electrons. The van der Waals surface area contributed by atoms with Gasteiger partial charge in [-0.1, -0.05) is 11.6 Å². The molecule has 0 fully saturated rings. The monoisotopic (exact) mass is 542 g/mol. The number of aromatic amines is 1. The van der Waals surface area contributed by atoms with Crippen molar-refractivity contribution >= 4 is 55.5 Å². The van der Waals surface area contributed by atoms with Gasteiger partial charge in [-0.25, -0.2) is 9.37 Å². The van der Waals surface area contributed by atoms with E-state index in [0.29, 0.717) is 35.6 Å². The van der Waals surface area contributed by atoms with Crippen molar-refractivity contribution in [2.75, 3.05) is 24.4 Å². The summed E-state index contributed by atoms with van der Waals surface area (Å²) >= 11 is 9.53. The van der Waals surface area contributed by atoms with Gasteiger partial charge in [-0.15, -0.1) is 0 Å². The van der Waals surface area contributed by atoms with Crippen molar-refractivity contribution in [3.63, 3.8) is 0 Å². The molecule has 0 atom stereocenters. The Labute approximate surface area is 209 Å². The predicted octanol–water partition coefficient (Wildman–Crippen LogP) is 6.32. The van der Waals surface area contributed by atoms with E-state index < -0.39 is 5.82 Å². The maximum atomic E-state index is 13.6. The summed E-state index contributed by atoms with van der Waals surface area (Å²) in [5.41, 5.74) is 4.97. The molecule has 0 unspecified atom stereocenters. The van der Waals surface area contributed by atoms with Crippen LogP contribution in [0.15, 0.2) is 47.3 Å². The van der Waals surface area contributed by atoms with Crippen molar-refractivity contribution in [3.05, 3.63) is 75.1 Å². The number of nitrogens with zero attached hydrogens (tertiary/aromatic N) is 3. The van der Waals surface area contributed by atoms with Gasteiger partial charge >= 0.3 is 0 Å². The molecular formula is C24H21BrClFN6O. The average Bonchev–Trinajstić information content (AvgIpc) is 3.28. The first kappa shape index (κ1) is 24.0. The molecule has 0 aliphatic rings. The van der Waals surface area contributed by atoms with Crippen LogP contribution < -0.4 is 10.6 Å². The van der Waals surface area contributed by atoms with Crippen LogP contribution in [0.5, 0.6) is 0 Å². The highest BCUT2D eigenvalue weighted by atomic mass is 79.9. The van der Waals surface area contributed by atoms with Gasteiger partial charge in [0.15, 0.2) is 0 Å². The Morgan fingerprint density at radius 3 is 2.85 bits per heavy atom. The van der Waals surface area contributed by atoms with Gasteiger partial charge in [-0.3, -0.25) is 4.98 Å². The van der Waals surface area contributed by atoms with E-state index in [4.69, 9.17) is 16.3 Å². The minimum Gasteiger partial charge on any atom is -0.385 e. The van der Waals surface area contributed by atoms with Gasteiger partial charge in [0.1, 0.15) is 11.9 Å². The lowest BCUT2D eigenvalue weighted by Crippen LogP contribution is -2.05. The van der Waals surface area contributed by atoms with Gasteiger partial charge in [0.2, 0.25) is 0 Å². The molecule has 0 saturated carbocycles. The number of aromatic nitrogens is 3. The van der Waals surface area contributed by atoms with E-state index in [0.717, 1.165) is 39.8 Å². The summed E-state index contributed by atoms with van der Waals surface area (Å²) in [6, 6.07) is 10.3. The SMILES string of the molecule is COCCCc1nc[nH]c1CNc1cc(Br)c2ncc(C#N)c(Nc3ccc(F)c(Cl)c3)c2c1. The molecule has 10 heteroatoms. The minimum atomic E-state index is -0.512. The molecule has 0 saturated heterocycles.